The molecule has 0 saturated heterocycles. The number of rotatable bonds is 4. The number of hydrogen-bond donors (Lipinski definition) is 0. The van der Waals surface area contributed by atoms with Crippen LogP contribution in [0.5, 0.6) is 0 Å². The maximum absolute atomic E-state index is 3.19. The fraction of sp³-hybridized carbons (Fsp3) is 0.500. The molecular weight excluding hydrogens is 377 g/mol. The van der Waals surface area contributed by atoms with E-state index in [0.29, 0.717) is 23.7 Å². The van der Waals surface area contributed by atoms with E-state index in [0.717, 1.165) is 0 Å². The summed E-state index contributed by atoms with van der Waals surface area (Å²) in [6.07, 6.45) is 0. The normalized spacial score (nSPS) is 10.7. The Kier molecular flexibility index (Phi) is 11.8. The number of benzene rings is 2. The molecule has 0 saturated carbocycles. The van der Waals surface area contributed by atoms with Crippen LogP contribution in [0, 0.1) is 12.1 Å². The van der Waals surface area contributed by atoms with Gasteiger partial charge in [-0.05, 0) is 0 Å². The van der Waals surface area contributed by atoms with Gasteiger partial charge < -0.3 is 0 Å². The van der Waals surface area contributed by atoms with Gasteiger partial charge in [0.15, 0.2) is 0 Å². The molecule has 0 unspecified atom stereocenters. The van der Waals surface area contributed by atoms with E-state index >= 15 is 0 Å². The van der Waals surface area contributed by atoms with Gasteiger partial charge in [0.1, 0.15) is 0 Å². The summed E-state index contributed by atoms with van der Waals surface area (Å²) in [7, 11) is 0. The molecule has 25 heavy (non-hydrogen) atoms. The molecule has 0 atom stereocenters. The minimum Gasteiger partial charge on any atom is -0.183 e. The molecule has 0 aliphatic rings. The van der Waals surface area contributed by atoms with E-state index in [2.05, 4.69) is 104 Å². The van der Waals surface area contributed by atoms with E-state index in [-0.39, 0.29) is 32.7 Å². The van der Waals surface area contributed by atoms with Crippen LogP contribution in [0.1, 0.15) is 101 Å². The average Bonchev–Trinajstić information content (AvgIpc) is 2.55. The second-order valence-corrected chi connectivity index (χ2v) is 7.82. The van der Waals surface area contributed by atoms with Crippen LogP contribution < -0.4 is 0 Å². The first-order chi connectivity index (χ1) is 11.2. The molecule has 0 N–H and O–H groups in total. The largest absolute Gasteiger partial charge is 0.183 e. The first kappa shape index (κ1) is 24.5. The molecule has 0 fully saturated rings. The van der Waals surface area contributed by atoms with Crippen molar-refractivity contribution >= 4 is 0 Å². The zero-order chi connectivity index (χ0) is 18.3. The second kappa shape index (κ2) is 12.0. The molecule has 2 rings (SSSR count). The monoisotopic (exact) mass is 411 g/mol. The van der Waals surface area contributed by atoms with Crippen LogP contribution in [0.4, 0.5) is 0 Å². The van der Waals surface area contributed by atoms with Gasteiger partial charge in [-0.25, -0.2) is 0 Å². The summed E-state index contributed by atoms with van der Waals surface area (Å²) in [6.45, 7) is 17.7. The molecule has 0 amide bonds. The van der Waals surface area contributed by atoms with E-state index in [1.54, 1.807) is 0 Å². The Morgan fingerprint density at radius 3 is 0.840 bits per heavy atom. The Hall–Kier alpha value is -0.456. The Morgan fingerprint density at radius 2 is 0.680 bits per heavy atom. The van der Waals surface area contributed by atoms with Crippen molar-refractivity contribution in [2.24, 2.45) is 0 Å². The third-order valence-corrected chi connectivity index (χ3v) is 4.33. The molecule has 0 aliphatic heterocycles. The van der Waals surface area contributed by atoms with Crippen LogP contribution >= 0.6 is 0 Å². The van der Waals surface area contributed by atoms with Gasteiger partial charge in [0.2, 0.25) is 0 Å². The molecule has 0 aromatic heterocycles. The summed E-state index contributed by atoms with van der Waals surface area (Å²) in [5.74, 6) is 2.44. The summed E-state index contributed by atoms with van der Waals surface area (Å²) in [4.78, 5) is 0. The van der Waals surface area contributed by atoms with E-state index < -0.39 is 0 Å². The third kappa shape index (κ3) is 8.65. The van der Waals surface area contributed by atoms with Gasteiger partial charge in [-0.1, -0.05) is 79.1 Å². The van der Waals surface area contributed by atoms with Crippen molar-refractivity contribution in [3.8, 4) is 0 Å². The molecule has 1 heteroatoms. The molecule has 135 valence electrons. The van der Waals surface area contributed by atoms with Crippen molar-refractivity contribution < 1.29 is 32.7 Å². The standard InChI is InChI=1S/2C12H17.Y/c2*1-9(2)11-6-5-7-12(8-11)10(3)4;/h2*6-10H,1-4H3;/q2*-1;. The Morgan fingerprint density at radius 1 is 0.480 bits per heavy atom. The minimum absolute atomic E-state index is 0. The average molecular weight is 411 g/mol. The van der Waals surface area contributed by atoms with E-state index in [1.165, 1.54) is 22.3 Å². The van der Waals surface area contributed by atoms with Gasteiger partial charge in [0, 0.05) is 32.7 Å². The van der Waals surface area contributed by atoms with Crippen molar-refractivity contribution in [3.05, 3.63) is 70.8 Å². The van der Waals surface area contributed by atoms with E-state index in [4.69, 9.17) is 0 Å². The van der Waals surface area contributed by atoms with Crippen LogP contribution in [0.15, 0.2) is 36.4 Å². The predicted octanol–water partition coefficient (Wildman–Crippen LogP) is 7.46. The van der Waals surface area contributed by atoms with Crippen LogP contribution in [0.2, 0.25) is 0 Å². The summed E-state index contributed by atoms with van der Waals surface area (Å²) in [5.41, 5.74) is 5.56. The summed E-state index contributed by atoms with van der Waals surface area (Å²) in [5, 5.41) is 0. The SMILES string of the molecule is CC(C)c1c[c-]cc(C(C)C)c1.CC(C)c1c[c-]cc(C(C)C)c1.[Y]. The smallest absolute Gasteiger partial charge is 0 e. The van der Waals surface area contributed by atoms with Crippen LogP contribution in [0.3, 0.4) is 0 Å². The van der Waals surface area contributed by atoms with Gasteiger partial charge in [0.25, 0.3) is 0 Å². The molecule has 0 bridgehead atoms. The first-order valence-electron chi connectivity index (χ1n) is 9.24. The van der Waals surface area contributed by atoms with Gasteiger partial charge in [-0.15, -0.1) is 0 Å². The predicted molar refractivity (Wildman–Crippen MR) is 107 cm³/mol. The van der Waals surface area contributed by atoms with Crippen molar-refractivity contribution in [1.29, 1.82) is 0 Å². The summed E-state index contributed by atoms with van der Waals surface area (Å²) < 4.78 is 0. The van der Waals surface area contributed by atoms with Crippen molar-refractivity contribution in [2.45, 2.75) is 79.1 Å². The molecule has 0 aliphatic carbocycles. The third-order valence-electron chi connectivity index (χ3n) is 4.33. The zero-order valence-corrected chi connectivity index (χ0v) is 20.2. The molecule has 0 spiro atoms. The Bertz CT molecular complexity index is 507. The van der Waals surface area contributed by atoms with Crippen LogP contribution in [-0.2, 0) is 32.7 Å². The molecule has 2 aromatic rings. The Labute approximate surface area is 181 Å². The fourth-order valence-electron chi connectivity index (χ4n) is 2.35. The maximum atomic E-state index is 3.19. The topological polar surface area (TPSA) is 0 Å². The molecule has 2 aromatic carbocycles. The maximum Gasteiger partial charge on any atom is 0 e. The summed E-state index contributed by atoms with van der Waals surface area (Å²) in [6, 6.07) is 19.3. The van der Waals surface area contributed by atoms with Crippen molar-refractivity contribution in [3.63, 3.8) is 0 Å². The van der Waals surface area contributed by atoms with E-state index in [9.17, 15) is 0 Å². The molecule has 0 nitrogen and oxygen atoms in total. The van der Waals surface area contributed by atoms with Gasteiger partial charge in [-0.2, -0.15) is 70.8 Å². The Balaban J connectivity index is 0.000000443. The minimum atomic E-state index is 0. The van der Waals surface area contributed by atoms with Gasteiger partial charge >= 0.3 is 0 Å². The van der Waals surface area contributed by atoms with Crippen molar-refractivity contribution in [2.75, 3.05) is 0 Å². The van der Waals surface area contributed by atoms with E-state index in [1.807, 2.05) is 0 Å². The molecule has 1 radical (unpaired) electrons. The van der Waals surface area contributed by atoms with Crippen LogP contribution in [0.25, 0.3) is 0 Å². The second-order valence-electron chi connectivity index (χ2n) is 7.82. The van der Waals surface area contributed by atoms with Gasteiger partial charge in [0.05, 0.1) is 0 Å². The fourth-order valence-corrected chi connectivity index (χ4v) is 2.35. The summed E-state index contributed by atoms with van der Waals surface area (Å²) >= 11 is 0. The van der Waals surface area contributed by atoms with Gasteiger partial charge in [-0.3, -0.25) is 0 Å². The first-order valence-corrected chi connectivity index (χ1v) is 9.24. The van der Waals surface area contributed by atoms with Crippen molar-refractivity contribution in [1.82, 2.24) is 0 Å². The number of hydrogen-bond acceptors (Lipinski definition) is 0. The zero-order valence-electron chi connectivity index (χ0n) is 17.4. The molecule has 0 heterocycles. The molecular formula is C24H34Y-2. The van der Waals surface area contributed by atoms with Crippen LogP contribution in [-0.4, -0.2) is 0 Å². The quantitative estimate of drug-likeness (QED) is 0.458.